The zero-order chi connectivity index (χ0) is 13.9. The molecule has 2 nitrogen and oxygen atoms in total. The standard InChI is InChI=1S/C15H21BrN2S/c1-4-15(5-2)9-17-14(19-10-15)18-13-8-11(3)6-7-12(13)16/h6-8H,4-5,9-10H2,1-3H3,(H,17,18). The highest BCUT2D eigenvalue weighted by Crippen LogP contribution is 2.36. The minimum Gasteiger partial charge on any atom is -0.334 e. The summed E-state index contributed by atoms with van der Waals surface area (Å²) >= 11 is 5.43. The van der Waals surface area contributed by atoms with Crippen LogP contribution in [0.1, 0.15) is 32.3 Å². The minimum atomic E-state index is 0.402. The summed E-state index contributed by atoms with van der Waals surface area (Å²) in [7, 11) is 0. The first-order valence-electron chi connectivity index (χ1n) is 6.79. The number of nitrogens with one attached hydrogen (secondary N) is 1. The Morgan fingerprint density at radius 2 is 2.11 bits per heavy atom. The van der Waals surface area contributed by atoms with E-state index in [1.54, 1.807) is 0 Å². The number of aliphatic imine (C=N–C) groups is 1. The molecule has 0 fully saturated rings. The van der Waals surface area contributed by atoms with Gasteiger partial charge in [-0.3, -0.25) is 4.99 Å². The molecule has 1 aliphatic heterocycles. The second-order valence-corrected chi connectivity index (χ2v) is 7.04. The number of halogens is 1. The third-order valence-corrected chi connectivity index (χ3v) is 5.89. The van der Waals surface area contributed by atoms with E-state index in [1.807, 2.05) is 11.8 Å². The fourth-order valence-electron chi connectivity index (χ4n) is 2.16. The molecule has 0 amide bonds. The van der Waals surface area contributed by atoms with Crippen molar-refractivity contribution in [2.24, 2.45) is 10.4 Å². The highest BCUT2D eigenvalue weighted by molar-refractivity contribution is 9.10. The van der Waals surface area contributed by atoms with E-state index in [4.69, 9.17) is 4.99 Å². The van der Waals surface area contributed by atoms with E-state index in [-0.39, 0.29) is 0 Å². The van der Waals surface area contributed by atoms with Crippen LogP contribution in [-0.2, 0) is 0 Å². The van der Waals surface area contributed by atoms with Crippen molar-refractivity contribution in [1.29, 1.82) is 0 Å². The Hall–Kier alpha value is -0.480. The molecule has 0 saturated heterocycles. The van der Waals surface area contributed by atoms with E-state index in [2.05, 4.69) is 60.2 Å². The molecule has 0 atom stereocenters. The lowest BCUT2D eigenvalue weighted by Crippen LogP contribution is -2.32. The summed E-state index contributed by atoms with van der Waals surface area (Å²) in [4.78, 5) is 4.74. The lowest BCUT2D eigenvalue weighted by atomic mass is 9.84. The molecule has 4 heteroatoms. The second kappa shape index (κ2) is 6.31. The second-order valence-electron chi connectivity index (χ2n) is 5.23. The third kappa shape index (κ3) is 3.54. The number of anilines is 1. The molecule has 0 saturated carbocycles. The van der Waals surface area contributed by atoms with Gasteiger partial charge in [0.1, 0.15) is 0 Å². The first-order valence-corrected chi connectivity index (χ1v) is 8.57. The zero-order valence-corrected chi connectivity index (χ0v) is 14.2. The minimum absolute atomic E-state index is 0.402. The first-order chi connectivity index (χ1) is 9.08. The summed E-state index contributed by atoms with van der Waals surface area (Å²) in [6.07, 6.45) is 2.42. The van der Waals surface area contributed by atoms with Gasteiger partial charge in [-0.1, -0.05) is 31.7 Å². The van der Waals surface area contributed by atoms with Crippen LogP contribution in [0.25, 0.3) is 0 Å². The van der Waals surface area contributed by atoms with E-state index in [1.165, 1.54) is 18.4 Å². The smallest absolute Gasteiger partial charge is 0.161 e. The summed E-state index contributed by atoms with van der Waals surface area (Å²) in [5.74, 6) is 1.16. The summed E-state index contributed by atoms with van der Waals surface area (Å²) in [5, 5.41) is 4.49. The average Bonchev–Trinajstić information content (AvgIpc) is 2.44. The molecule has 1 N–H and O–H groups in total. The lowest BCUT2D eigenvalue weighted by Gasteiger charge is -2.33. The van der Waals surface area contributed by atoms with Crippen LogP contribution in [0.5, 0.6) is 0 Å². The molecule has 1 aromatic carbocycles. The van der Waals surface area contributed by atoms with E-state index >= 15 is 0 Å². The Morgan fingerprint density at radius 3 is 2.68 bits per heavy atom. The predicted molar refractivity (Wildman–Crippen MR) is 90.3 cm³/mol. The van der Waals surface area contributed by atoms with Gasteiger partial charge in [0.2, 0.25) is 0 Å². The molecule has 2 rings (SSSR count). The Bertz CT molecular complexity index is 481. The van der Waals surface area contributed by atoms with Gasteiger partial charge in [-0.25, -0.2) is 0 Å². The SMILES string of the molecule is CCC1(CC)CN=C(Nc2cc(C)ccc2Br)SC1. The Labute approximate surface area is 128 Å². The van der Waals surface area contributed by atoms with Crippen LogP contribution < -0.4 is 5.32 Å². The van der Waals surface area contributed by atoms with Crippen molar-refractivity contribution in [3.05, 3.63) is 28.2 Å². The maximum absolute atomic E-state index is 4.74. The fourth-order valence-corrected chi connectivity index (χ4v) is 3.78. The van der Waals surface area contributed by atoms with E-state index in [0.29, 0.717) is 5.41 Å². The van der Waals surface area contributed by atoms with Gasteiger partial charge in [0.05, 0.1) is 5.69 Å². The van der Waals surface area contributed by atoms with Crippen LogP contribution in [0.4, 0.5) is 5.69 Å². The van der Waals surface area contributed by atoms with Crippen molar-refractivity contribution >= 4 is 38.5 Å². The number of hydrogen-bond acceptors (Lipinski definition) is 3. The van der Waals surface area contributed by atoms with E-state index in [9.17, 15) is 0 Å². The van der Waals surface area contributed by atoms with Crippen molar-refractivity contribution in [2.75, 3.05) is 17.6 Å². The molecule has 1 heterocycles. The quantitative estimate of drug-likeness (QED) is 0.829. The molecule has 1 aromatic rings. The largest absolute Gasteiger partial charge is 0.334 e. The van der Waals surface area contributed by atoms with Crippen LogP contribution in [0.3, 0.4) is 0 Å². The number of hydrogen-bond donors (Lipinski definition) is 1. The monoisotopic (exact) mass is 340 g/mol. The molecule has 0 unspecified atom stereocenters. The summed E-state index contributed by atoms with van der Waals surface area (Å²) in [6, 6.07) is 6.33. The van der Waals surface area contributed by atoms with Crippen LogP contribution >= 0.6 is 27.7 Å². The zero-order valence-electron chi connectivity index (χ0n) is 11.8. The van der Waals surface area contributed by atoms with Gasteiger partial charge < -0.3 is 5.32 Å². The average molecular weight is 341 g/mol. The predicted octanol–water partition coefficient (Wildman–Crippen LogP) is 5.08. The number of aryl methyl sites for hydroxylation is 1. The molecular weight excluding hydrogens is 320 g/mol. The third-order valence-electron chi connectivity index (χ3n) is 3.94. The Morgan fingerprint density at radius 1 is 1.37 bits per heavy atom. The lowest BCUT2D eigenvalue weighted by molar-refractivity contribution is 0.318. The summed E-state index contributed by atoms with van der Waals surface area (Å²) in [5.41, 5.74) is 2.76. The van der Waals surface area contributed by atoms with Crippen LogP contribution in [-0.4, -0.2) is 17.5 Å². The first kappa shape index (κ1) is 14.9. The van der Waals surface area contributed by atoms with Gasteiger partial charge in [-0.15, -0.1) is 0 Å². The van der Waals surface area contributed by atoms with Crippen molar-refractivity contribution < 1.29 is 0 Å². The maximum Gasteiger partial charge on any atom is 0.161 e. The van der Waals surface area contributed by atoms with Gasteiger partial charge in [0.15, 0.2) is 5.17 Å². The van der Waals surface area contributed by atoms with Gasteiger partial charge in [-0.2, -0.15) is 0 Å². The van der Waals surface area contributed by atoms with Crippen LogP contribution in [0.2, 0.25) is 0 Å². The van der Waals surface area contributed by atoms with E-state index in [0.717, 1.165) is 27.6 Å². The number of benzene rings is 1. The van der Waals surface area contributed by atoms with Crippen molar-refractivity contribution in [1.82, 2.24) is 0 Å². The molecule has 0 radical (unpaired) electrons. The Kier molecular flexibility index (Phi) is 4.96. The van der Waals surface area contributed by atoms with Crippen molar-refractivity contribution in [3.63, 3.8) is 0 Å². The number of nitrogens with zero attached hydrogens (tertiary/aromatic N) is 1. The van der Waals surface area contributed by atoms with Gasteiger partial charge in [0, 0.05) is 16.8 Å². The number of rotatable bonds is 3. The highest BCUT2D eigenvalue weighted by atomic mass is 79.9. The molecular formula is C15H21BrN2S. The topological polar surface area (TPSA) is 24.4 Å². The van der Waals surface area contributed by atoms with E-state index < -0.39 is 0 Å². The molecule has 0 aromatic heterocycles. The number of thioether (sulfide) groups is 1. The normalized spacial score (nSPS) is 18.0. The van der Waals surface area contributed by atoms with Crippen LogP contribution in [0, 0.1) is 12.3 Å². The van der Waals surface area contributed by atoms with Gasteiger partial charge in [0.25, 0.3) is 0 Å². The van der Waals surface area contributed by atoms with Gasteiger partial charge >= 0.3 is 0 Å². The van der Waals surface area contributed by atoms with Gasteiger partial charge in [-0.05, 0) is 58.8 Å². The molecule has 1 aliphatic rings. The molecule has 0 spiro atoms. The molecule has 0 aliphatic carbocycles. The Balaban J connectivity index is 2.09. The molecule has 19 heavy (non-hydrogen) atoms. The number of amidine groups is 1. The van der Waals surface area contributed by atoms with Crippen LogP contribution in [0.15, 0.2) is 27.7 Å². The summed E-state index contributed by atoms with van der Waals surface area (Å²) in [6.45, 7) is 7.59. The maximum atomic E-state index is 4.74. The summed E-state index contributed by atoms with van der Waals surface area (Å²) < 4.78 is 1.09. The fraction of sp³-hybridized carbons (Fsp3) is 0.533. The van der Waals surface area contributed by atoms with Crippen molar-refractivity contribution in [2.45, 2.75) is 33.6 Å². The van der Waals surface area contributed by atoms with Crippen molar-refractivity contribution in [3.8, 4) is 0 Å². The highest BCUT2D eigenvalue weighted by Gasteiger charge is 2.30. The molecule has 0 bridgehead atoms. The molecule has 104 valence electrons.